The van der Waals surface area contributed by atoms with Crippen LogP contribution in [0.15, 0.2) is 28.7 Å². The maximum absolute atomic E-state index is 9.51. The quantitative estimate of drug-likeness (QED) is 0.589. The number of benzene rings is 1. The summed E-state index contributed by atoms with van der Waals surface area (Å²) >= 11 is 3.46. The summed E-state index contributed by atoms with van der Waals surface area (Å²) < 4.78 is 0.986. The molecule has 4 nitrogen and oxygen atoms in total. The van der Waals surface area contributed by atoms with Gasteiger partial charge in [-0.25, -0.2) is 0 Å². The van der Waals surface area contributed by atoms with Crippen LogP contribution in [0.25, 0.3) is 0 Å². The molecule has 2 rings (SSSR count). The summed E-state index contributed by atoms with van der Waals surface area (Å²) in [5, 5.41) is 25.1. The van der Waals surface area contributed by atoms with E-state index in [4.69, 9.17) is 10.8 Å². The number of amidine groups is 1. The third-order valence-electron chi connectivity index (χ3n) is 3.70. The standard InChI is InChI=1S/C14H18BrN3O/c1-18(8-16)14(17)13(10-6-12(19)7-10)9-3-2-4-11(15)5-9/h2-5,8,10,12-13,16-17,19H,6-7H2,1H3. The van der Waals surface area contributed by atoms with Crippen molar-refractivity contribution < 1.29 is 5.11 Å². The summed E-state index contributed by atoms with van der Waals surface area (Å²) in [5.41, 5.74) is 1.06. The van der Waals surface area contributed by atoms with Crippen LogP contribution in [0.3, 0.4) is 0 Å². The zero-order chi connectivity index (χ0) is 14.0. The van der Waals surface area contributed by atoms with Gasteiger partial charge < -0.3 is 10.0 Å². The van der Waals surface area contributed by atoms with Gasteiger partial charge in [0.2, 0.25) is 0 Å². The van der Waals surface area contributed by atoms with Crippen LogP contribution in [0, 0.1) is 16.7 Å². The van der Waals surface area contributed by atoms with E-state index < -0.39 is 0 Å². The maximum atomic E-state index is 9.51. The van der Waals surface area contributed by atoms with Gasteiger partial charge in [0.25, 0.3) is 0 Å². The molecule has 0 saturated heterocycles. The van der Waals surface area contributed by atoms with E-state index in [1.54, 1.807) is 7.05 Å². The first kappa shape index (κ1) is 14.2. The van der Waals surface area contributed by atoms with Gasteiger partial charge in [0.05, 0.1) is 12.4 Å². The second kappa shape index (κ2) is 5.84. The molecule has 102 valence electrons. The van der Waals surface area contributed by atoms with E-state index in [1.165, 1.54) is 4.90 Å². The highest BCUT2D eigenvalue weighted by Crippen LogP contribution is 2.41. The largest absolute Gasteiger partial charge is 0.393 e. The number of rotatable bonds is 4. The lowest BCUT2D eigenvalue weighted by Gasteiger charge is -2.39. The van der Waals surface area contributed by atoms with Crippen molar-refractivity contribution in [1.82, 2.24) is 4.90 Å². The summed E-state index contributed by atoms with van der Waals surface area (Å²) in [7, 11) is 1.72. The normalized spacial score (nSPS) is 23.3. The fourth-order valence-corrected chi connectivity index (χ4v) is 2.96. The van der Waals surface area contributed by atoms with E-state index in [0.29, 0.717) is 5.84 Å². The second-order valence-electron chi connectivity index (χ2n) is 5.04. The van der Waals surface area contributed by atoms with Gasteiger partial charge in [-0.05, 0) is 36.5 Å². The summed E-state index contributed by atoms with van der Waals surface area (Å²) in [6.45, 7) is 0. The number of halogens is 1. The minimum absolute atomic E-state index is 0.0625. The predicted molar refractivity (Wildman–Crippen MR) is 79.9 cm³/mol. The summed E-state index contributed by atoms with van der Waals surface area (Å²) in [4.78, 5) is 1.52. The molecule has 1 unspecified atom stereocenters. The van der Waals surface area contributed by atoms with Gasteiger partial charge in [0.15, 0.2) is 0 Å². The van der Waals surface area contributed by atoms with E-state index in [0.717, 1.165) is 29.2 Å². The zero-order valence-corrected chi connectivity index (χ0v) is 12.4. The second-order valence-corrected chi connectivity index (χ2v) is 5.96. The molecule has 5 heteroatoms. The van der Waals surface area contributed by atoms with Gasteiger partial charge in [-0.2, -0.15) is 0 Å². The Morgan fingerprint density at radius 1 is 1.53 bits per heavy atom. The van der Waals surface area contributed by atoms with E-state index >= 15 is 0 Å². The number of hydrogen-bond donors (Lipinski definition) is 3. The average Bonchev–Trinajstić information content (AvgIpc) is 2.36. The highest BCUT2D eigenvalue weighted by Gasteiger charge is 2.37. The van der Waals surface area contributed by atoms with E-state index in [2.05, 4.69) is 15.9 Å². The lowest BCUT2D eigenvalue weighted by molar-refractivity contribution is 0.0381. The number of aliphatic hydroxyl groups excluding tert-OH is 1. The molecule has 0 heterocycles. The molecule has 0 spiro atoms. The lowest BCUT2D eigenvalue weighted by Crippen LogP contribution is -2.40. The Labute approximate surface area is 121 Å². The van der Waals surface area contributed by atoms with Crippen molar-refractivity contribution in [3.05, 3.63) is 34.3 Å². The van der Waals surface area contributed by atoms with Gasteiger partial charge in [0, 0.05) is 17.4 Å². The molecule has 1 atom stereocenters. The van der Waals surface area contributed by atoms with Crippen LogP contribution in [0.2, 0.25) is 0 Å². The first-order valence-corrected chi connectivity index (χ1v) is 7.07. The van der Waals surface area contributed by atoms with Crippen LogP contribution in [0.4, 0.5) is 0 Å². The molecule has 3 N–H and O–H groups in total. The maximum Gasteiger partial charge on any atom is 0.109 e. The molecule has 0 amide bonds. The predicted octanol–water partition coefficient (Wildman–Crippen LogP) is 2.82. The Morgan fingerprint density at radius 3 is 2.74 bits per heavy atom. The topological polar surface area (TPSA) is 71.2 Å². The van der Waals surface area contributed by atoms with E-state index in [9.17, 15) is 5.11 Å². The molecule has 0 radical (unpaired) electrons. The Hall–Kier alpha value is -1.20. The monoisotopic (exact) mass is 323 g/mol. The summed E-state index contributed by atoms with van der Waals surface area (Å²) in [5.74, 6) is 0.622. The number of nitrogens with zero attached hydrogens (tertiary/aromatic N) is 1. The zero-order valence-electron chi connectivity index (χ0n) is 10.8. The molecule has 1 aliphatic carbocycles. The van der Waals surface area contributed by atoms with Crippen LogP contribution in [0.1, 0.15) is 24.3 Å². The highest BCUT2D eigenvalue weighted by atomic mass is 79.9. The summed E-state index contributed by atoms with van der Waals surface area (Å²) in [6.07, 6.45) is 2.37. The van der Waals surface area contributed by atoms with Crippen molar-refractivity contribution in [1.29, 1.82) is 10.8 Å². The third kappa shape index (κ3) is 3.04. The molecule has 0 bridgehead atoms. The van der Waals surface area contributed by atoms with Crippen molar-refractivity contribution in [2.45, 2.75) is 24.9 Å². The van der Waals surface area contributed by atoms with Crippen LogP contribution in [0.5, 0.6) is 0 Å². The van der Waals surface area contributed by atoms with Crippen molar-refractivity contribution in [3.63, 3.8) is 0 Å². The number of aliphatic hydroxyl groups is 1. The molecule has 1 saturated carbocycles. The molecule has 1 aromatic carbocycles. The van der Waals surface area contributed by atoms with Crippen molar-refractivity contribution >= 4 is 28.1 Å². The minimum Gasteiger partial charge on any atom is -0.393 e. The van der Waals surface area contributed by atoms with E-state index in [1.807, 2.05) is 24.3 Å². The average molecular weight is 324 g/mol. The number of hydrogen-bond acceptors (Lipinski definition) is 3. The van der Waals surface area contributed by atoms with Gasteiger partial charge in [-0.3, -0.25) is 10.8 Å². The van der Waals surface area contributed by atoms with E-state index in [-0.39, 0.29) is 17.9 Å². The molecule has 0 aromatic heterocycles. The smallest absolute Gasteiger partial charge is 0.109 e. The molecule has 19 heavy (non-hydrogen) atoms. The highest BCUT2D eigenvalue weighted by molar-refractivity contribution is 9.10. The SMILES string of the molecule is CN(C=N)C(=N)C(c1cccc(Br)c1)C1CC(O)C1. The van der Waals surface area contributed by atoms with Gasteiger partial charge in [0.1, 0.15) is 5.84 Å². The Morgan fingerprint density at radius 2 is 2.21 bits per heavy atom. The fourth-order valence-electron chi connectivity index (χ4n) is 2.54. The van der Waals surface area contributed by atoms with Gasteiger partial charge >= 0.3 is 0 Å². The molecule has 1 aromatic rings. The number of nitrogens with one attached hydrogen (secondary N) is 2. The number of likely N-dealkylation sites (N-methyl/N-ethyl adjacent to an activating group) is 1. The molecular weight excluding hydrogens is 306 g/mol. The molecule has 0 aliphatic heterocycles. The fraction of sp³-hybridized carbons (Fsp3) is 0.429. The Kier molecular flexibility index (Phi) is 4.37. The summed E-state index contributed by atoms with van der Waals surface area (Å²) in [6, 6.07) is 7.94. The van der Waals surface area contributed by atoms with Crippen molar-refractivity contribution in [2.24, 2.45) is 5.92 Å². The van der Waals surface area contributed by atoms with Crippen molar-refractivity contribution in [3.8, 4) is 0 Å². The Balaban J connectivity index is 2.29. The third-order valence-corrected chi connectivity index (χ3v) is 4.19. The first-order valence-electron chi connectivity index (χ1n) is 6.28. The van der Waals surface area contributed by atoms with Gasteiger partial charge in [-0.15, -0.1) is 0 Å². The van der Waals surface area contributed by atoms with Gasteiger partial charge in [-0.1, -0.05) is 28.1 Å². The molecule has 1 fully saturated rings. The van der Waals surface area contributed by atoms with Crippen LogP contribution in [-0.4, -0.2) is 35.3 Å². The van der Waals surface area contributed by atoms with Crippen LogP contribution in [-0.2, 0) is 0 Å². The minimum atomic E-state index is -0.238. The van der Waals surface area contributed by atoms with Crippen LogP contribution < -0.4 is 0 Å². The molecule has 1 aliphatic rings. The lowest BCUT2D eigenvalue weighted by atomic mass is 9.70. The molecular formula is C14H18BrN3O. The van der Waals surface area contributed by atoms with Crippen LogP contribution >= 0.6 is 15.9 Å². The first-order chi connectivity index (χ1) is 9.02. The Bertz CT molecular complexity index is 485. The van der Waals surface area contributed by atoms with Crippen molar-refractivity contribution in [2.75, 3.05) is 7.05 Å².